The fourth-order valence-electron chi connectivity index (χ4n) is 3.08. The number of halogens is 1. The van der Waals surface area contributed by atoms with Crippen molar-refractivity contribution in [2.75, 3.05) is 16.9 Å². The number of benzene rings is 2. The molecule has 0 atom stereocenters. The molecule has 0 saturated carbocycles. The average molecular weight is 487 g/mol. The second-order valence-corrected chi connectivity index (χ2v) is 9.48. The Labute approximate surface area is 182 Å². The highest BCUT2D eigenvalue weighted by molar-refractivity contribution is 9.10. The van der Waals surface area contributed by atoms with Crippen molar-refractivity contribution in [1.82, 2.24) is 19.7 Å². The lowest BCUT2D eigenvalue weighted by Crippen LogP contribution is -2.05. The van der Waals surface area contributed by atoms with Gasteiger partial charge in [0.25, 0.3) is 0 Å². The molecule has 8 nitrogen and oxygen atoms in total. The number of nitrogens with one attached hydrogen (secondary N) is 2. The summed E-state index contributed by atoms with van der Waals surface area (Å²) in [7, 11) is -3.39. The number of fused-ring (bicyclic) bond motifs is 1. The lowest BCUT2D eigenvalue weighted by atomic mass is 10.2. The molecule has 0 spiro atoms. The van der Waals surface area contributed by atoms with Gasteiger partial charge in [-0.05, 0) is 53.2 Å². The normalized spacial score (nSPS) is 11.6. The van der Waals surface area contributed by atoms with Gasteiger partial charge < -0.3 is 10.6 Å². The number of para-hydroxylation sites is 1. The Morgan fingerprint density at radius 2 is 1.90 bits per heavy atom. The largest absolute Gasteiger partial charge is 0.338 e. The van der Waals surface area contributed by atoms with E-state index in [2.05, 4.69) is 41.6 Å². The maximum absolute atomic E-state index is 12.1. The van der Waals surface area contributed by atoms with E-state index < -0.39 is 9.84 Å². The topological polar surface area (TPSA) is 102 Å². The van der Waals surface area contributed by atoms with Gasteiger partial charge in [0.05, 0.1) is 26.8 Å². The van der Waals surface area contributed by atoms with Gasteiger partial charge in [0.2, 0.25) is 5.95 Å². The van der Waals surface area contributed by atoms with Crippen LogP contribution in [0.4, 0.5) is 23.1 Å². The van der Waals surface area contributed by atoms with Crippen LogP contribution in [-0.4, -0.2) is 34.4 Å². The standard InChI is InChI=1S/C20H19BrN6O2S/c1-3-27-17-9-8-14(10-13(17)11-23-27)24-20-22-12-15(21)19(26-20)25-16-6-4-5-7-18(16)30(2,28)29/h4-12H,3H2,1-2H3,(H2,22,24,25,26). The van der Waals surface area contributed by atoms with E-state index in [1.165, 1.54) is 6.26 Å². The van der Waals surface area contributed by atoms with Crippen LogP contribution in [-0.2, 0) is 16.4 Å². The van der Waals surface area contributed by atoms with Crippen molar-refractivity contribution in [1.29, 1.82) is 0 Å². The molecule has 0 aliphatic heterocycles. The molecule has 2 heterocycles. The van der Waals surface area contributed by atoms with Crippen molar-refractivity contribution in [3.05, 3.63) is 59.3 Å². The van der Waals surface area contributed by atoms with Gasteiger partial charge in [-0.1, -0.05) is 12.1 Å². The highest BCUT2D eigenvalue weighted by atomic mass is 79.9. The maximum Gasteiger partial charge on any atom is 0.229 e. The quantitative estimate of drug-likeness (QED) is 0.413. The van der Waals surface area contributed by atoms with Crippen LogP contribution in [0, 0.1) is 0 Å². The monoisotopic (exact) mass is 486 g/mol. The zero-order chi connectivity index (χ0) is 21.3. The van der Waals surface area contributed by atoms with E-state index in [0.29, 0.717) is 21.9 Å². The van der Waals surface area contributed by atoms with Crippen molar-refractivity contribution >= 4 is 59.8 Å². The molecule has 0 saturated heterocycles. The van der Waals surface area contributed by atoms with Crippen molar-refractivity contribution in [2.45, 2.75) is 18.4 Å². The van der Waals surface area contributed by atoms with Crippen LogP contribution < -0.4 is 10.6 Å². The molecular weight excluding hydrogens is 468 g/mol. The maximum atomic E-state index is 12.1. The number of hydrogen-bond acceptors (Lipinski definition) is 7. The summed E-state index contributed by atoms with van der Waals surface area (Å²) in [6.45, 7) is 2.85. The van der Waals surface area contributed by atoms with Crippen LogP contribution in [0.3, 0.4) is 0 Å². The van der Waals surface area contributed by atoms with E-state index in [4.69, 9.17) is 0 Å². The number of anilines is 4. The number of aromatic nitrogens is 4. The molecule has 2 aromatic carbocycles. The molecule has 0 aliphatic carbocycles. The number of hydrogen-bond donors (Lipinski definition) is 2. The summed E-state index contributed by atoms with van der Waals surface area (Å²) in [6, 6.07) is 12.6. The van der Waals surface area contributed by atoms with E-state index in [1.807, 2.05) is 36.0 Å². The van der Waals surface area contributed by atoms with E-state index in [9.17, 15) is 8.42 Å². The van der Waals surface area contributed by atoms with Gasteiger partial charge in [-0.25, -0.2) is 13.4 Å². The highest BCUT2D eigenvalue weighted by Crippen LogP contribution is 2.29. The molecule has 2 N–H and O–H groups in total. The van der Waals surface area contributed by atoms with E-state index >= 15 is 0 Å². The summed E-state index contributed by atoms with van der Waals surface area (Å²) in [6.07, 6.45) is 4.60. The highest BCUT2D eigenvalue weighted by Gasteiger charge is 2.15. The zero-order valence-electron chi connectivity index (χ0n) is 16.3. The van der Waals surface area contributed by atoms with Gasteiger partial charge in [-0.3, -0.25) is 4.68 Å². The van der Waals surface area contributed by atoms with Gasteiger partial charge in [0.1, 0.15) is 5.82 Å². The Morgan fingerprint density at radius 1 is 1.10 bits per heavy atom. The van der Waals surface area contributed by atoms with Crippen LogP contribution >= 0.6 is 15.9 Å². The van der Waals surface area contributed by atoms with Crippen LogP contribution in [0.2, 0.25) is 0 Å². The number of nitrogens with zero attached hydrogens (tertiary/aromatic N) is 4. The molecule has 0 radical (unpaired) electrons. The first-order valence-electron chi connectivity index (χ1n) is 9.16. The number of aryl methyl sites for hydroxylation is 1. The van der Waals surface area contributed by atoms with Crippen molar-refractivity contribution in [3.8, 4) is 0 Å². The first-order chi connectivity index (χ1) is 14.3. The number of sulfone groups is 1. The van der Waals surface area contributed by atoms with Crippen molar-refractivity contribution in [3.63, 3.8) is 0 Å². The van der Waals surface area contributed by atoms with Gasteiger partial charge in [0.15, 0.2) is 9.84 Å². The molecular formula is C20H19BrN6O2S. The Hall–Kier alpha value is -2.98. The predicted molar refractivity (Wildman–Crippen MR) is 121 cm³/mol. The summed E-state index contributed by atoms with van der Waals surface area (Å²) >= 11 is 3.42. The summed E-state index contributed by atoms with van der Waals surface area (Å²) < 4.78 is 26.7. The fraction of sp³-hybridized carbons (Fsp3) is 0.150. The Bertz CT molecular complexity index is 1340. The molecule has 30 heavy (non-hydrogen) atoms. The SMILES string of the molecule is CCn1ncc2cc(Nc3ncc(Br)c(Nc4ccccc4S(C)(=O)=O)n3)ccc21. The fourth-order valence-corrected chi connectivity index (χ4v) is 4.22. The smallest absolute Gasteiger partial charge is 0.229 e. The van der Waals surface area contributed by atoms with E-state index in [1.54, 1.807) is 30.5 Å². The van der Waals surface area contributed by atoms with Gasteiger partial charge in [-0.15, -0.1) is 0 Å². The van der Waals surface area contributed by atoms with Gasteiger partial charge in [-0.2, -0.15) is 10.1 Å². The van der Waals surface area contributed by atoms with E-state index in [0.717, 1.165) is 23.1 Å². The van der Waals surface area contributed by atoms with E-state index in [-0.39, 0.29) is 4.90 Å². The molecule has 10 heteroatoms. The molecule has 0 unspecified atom stereocenters. The Balaban J connectivity index is 1.63. The molecule has 0 bridgehead atoms. The lowest BCUT2D eigenvalue weighted by Gasteiger charge is -2.13. The Kier molecular flexibility index (Phi) is 5.44. The van der Waals surface area contributed by atoms with Crippen molar-refractivity contribution in [2.24, 2.45) is 0 Å². The Morgan fingerprint density at radius 3 is 2.67 bits per heavy atom. The zero-order valence-corrected chi connectivity index (χ0v) is 18.7. The second kappa shape index (κ2) is 8.04. The van der Waals surface area contributed by atoms with Crippen LogP contribution in [0.25, 0.3) is 10.9 Å². The van der Waals surface area contributed by atoms with Crippen molar-refractivity contribution < 1.29 is 8.42 Å². The summed E-state index contributed by atoms with van der Waals surface area (Å²) in [5.74, 6) is 0.822. The van der Waals surface area contributed by atoms with Crippen LogP contribution in [0.15, 0.2) is 64.2 Å². The third-order valence-electron chi connectivity index (χ3n) is 4.48. The second-order valence-electron chi connectivity index (χ2n) is 6.64. The van der Waals surface area contributed by atoms with Crippen LogP contribution in [0.1, 0.15) is 6.92 Å². The minimum Gasteiger partial charge on any atom is -0.338 e. The molecule has 4 aromatic rings. The minimum absolute atomic E-state index is 0.198. The average Bonchev–Trinajstić information content (AvgIpc) is 3.12. The predicted octanol–water partition coefficient (Wildman–Crippen LogP) is 4.50. The molecule has 2 aromatic heterocycles. The summed E-state index contributed by atoms with van der Waals surface area (Å²) in [4.78, 5) is 8.99. The van der Waals surface area contributed by atoms with Gasteiger partial charge in [0, 0.05) is 30.1 Å². The first-order valence-corrected chi connectivity index (χ1v) is 11.8. The molecule has 4 rings (SSSR count). The number of rotatable bonds is 6. The third-order valence-corrected chi connectivity index (χ3v) is 6.22. The lowest BCUT2D eigenvalue weighted by molar-refractivity contribution is 0.602. The van der Waals surface area contributed by atoms with Crippen LogP contribution in [0.5, 0.6) is 0 Å². The summed E-state index contributed by atoms with van der Waals surface area (Å²) in [5.41, 5.74) is 2.32. The molecule has 154 valence electrons. The molecule has 0 amide bonds. The third kappa shape index (κ3) is 4.14. The first kappa shape index (κ1) is 20.3. The van der Waals surface area contributed by atoms with Gasteiger partial charge >= 0.3 is 0 Å². The minimum atomic E-state index is -3.39. The summed E-state index contributed by atoms with van der Waals surface area (Å²) in [5, 5.41) is 11.6. The molecule has 0 fully saturated rings. The molecule has 0 aliphatic rings.